The van der Waals surface area contributed by atoms with Gasteiger partial charge in [-0.25, -0.2) is 4.98 Å². The van der Waals surface area contributed by atoms with Gasteiger partial charge in [-0.3, -0.25) is 0 Å². The van der Waals surface area contributed by atoms with Gasteiger partial charge in [0.2, 0.25) is 0 Å². The molecule has 5 heteroatoms. The van der Waals surface area contributed by atoms with Crippen molar-refractivity contribution in [3.63, 3.8) is 0 Å². The van der Waals surface area contributed by atoms with Crippen LogP contribution >= 0.6 is 0 Å². The Hall–Kier alpha value is -4.12. The van der Waals surface area contributed by atoms with Crippen LogP contribution in [-0.4, -0.2) is 21.7 Å². The van der Waals surface area contributed by atoms with E-state index in [1.54, 1.807) is 7.11 Å². The van der Waals surface area contributed by atoms with Crippen LogP contribution in [0.1, 0.15) is 22.5 Å². The number of methoxy groups -OCH3 is 1. The van der Waals surface area contributed by atoms with Crippen molar-refractivity contribution in [2.24, 2.45) is 0 Å². The first kappa shape index (κ1) is 20.8. The average molecular weight is 435 g/mol. The first-order valence-corrected chi connectivity index (χ1v) is 11.0. The summed E-state index contributed by atoms with van der Waals surface area (Å²) < 4.78 is 7.28. The highest BCUT2D eigenvalue weighted by Gasteiger charge is 2.20. The van der Waals surface area contributed by atoms with Gasteiger partial charge in [-0.1, -0.05) is 60.7 Å². The van der Waals surface area contributed by atoms with Crippen LogP contribution in [0.5, 0.6) is 5.75 Å². The normalized spacial score (nSPS) is 11.0. The lowest BCUT2D eigenvalue weighted by Crippen LogP contribution is -2.09. The minimum Gasteiger partial charge on any atom is -0.497 e. The van der Waals surface area contributed by atoms with E-state index < -0.39 is 0 Å². The fourth-order valence-corrected chi connectivity index (χ4v) is 4.19. The summed E-state index contributed by atoms with van der Waals surface area (Å²) in [4.78, 5) is 5.04. The lowest BCUT2D eigenvalue weighted by molar-refractivity contribution is 0.415. The Morgan fingerprint density at radius 3 is 2.15 bits per heavy atom. The predicted molar refractivity (Wildman–Crippen MR) is 133 cm³/mol. The summed E-state index contributed by atoms with van der Waals surface area (Å²) in [7, 11) is 1.67. The molecular formula is C28H26N4O. The number of hydrogen-bond donors (Lipinski definition) is 1. The van der Waals surface area contributed by atoms with Gasteiger partial charge in [-0.2, -0.15) is 9.61 Å². The van der Waals surface area contributed by atoms with Gasteiger partial charge < -0.3 is 10.1 Å². The van der Waals surface area contributed by atoms with Crippen molar-refractivity contribution in [2.75, 3.05) is 12.4 Å². The summed E-state index contributed by atoms with van der Waals surface area (Å²) in [5.41, 5.74) is 8.27. The summed E-state index contributed by atoms with van der Waals surface area (Å²) in [6, 6.07) is 28.7. The number of nitrogens with zero attached hydrogens (tertiary/aromatic N) is 3. The van der Waals surface area contributed by atoms with E-state index in [1.807, 2.05) is 60.0 Å². The standard InChI is InChI=1S/C28H26N4O/c1-19-25(18-21-10-6-4-7-11-21)27(30-23-14-16-24(33-3)17-15-23)32-28(29-19)26(20(2)31-32)22-12-8-5-9-13-22/h4-17,30H,18H2,1-3H3. The zero-order valence-electron chi connectivity index (χ0n) is 19.0. The molecule has 0 unspecified atom stereocenters. The van der Waals surface area contributed by atoms with Gasteiger partial charge in [0.25, 0.3) is 0 Å². The maximum atomic E-state index is 5.32. The van der Waals surface area contributed by atoms with Gasteiger partial charge in [0.05, 0.1) is 12.8 Å². The number of rotatable bonds is 6. The summed E-state index contributed by atoms with van der Waals surface area (Å²) in [5, 5.41) is 8.55. The van der Waals surface area contributed by atoms with Crippen LogP contribution in [0, 0.1) is 13.8 Å². The van der Waals surface area contributed by atoms with Gasteiger partial charge in [0.15, 0.2) is 5.65 Å². The van der Waals surface area contributed by atoms with Crippen molar-refractivity contribution in [2.45, 2.75) is 20.3 Å². The summed E-state index contributed by atoms with van der Waals surface area (Å²) in [5.74, 6) is 1.75. The Morgan fingerprint density at radius 2 is 1.48 bits per heavy atom. The van der Waals surface area contributed by atoms with E-state index in [0.29, 0.717) is 0 Å². The van der Waals surface area contributed by atoms with E-state index in [-0.39, 0.29) is 0 Å². The maximum absolute atomic E-state index is 5.32. The molecule has 33 heavy (non-hydrogen) atoms. The van der Waals surface area contributed by atoms with Gasteiger partial charge in [0, 0.05) is 28.9 Å². The molecule has 2 heterocycles. The van der Waals surface area contributed by atoms with Crippen molar-refractivity contribution in [3.05, 3.63) is 107 Å². The average Bonchev–Trinajstić information content (AvgIpc) is 3.18. The smallest absolute Gasteiger partial charge is 0.165 e. The monoisotopic (exact) mass is 434 g/mol. The highest BCUT2D eigenvalue weighted by Crippen LogP contribution is 2.33. The number of anilines is 2. The number of fused-ring (bicyclic) bond motifs is 1. The maximum Gasteiger partial charge on any atom is 0.165 e. The van der Waals surface area contributed by atoms with E-state index in [2.05, 4.69) is 48.6 Å². The molecular weight excluding hydrogens is 408 g/mol. The van der Waals surface area contributed by atoms with Crippen molar-refractivity contribution >= 4 is 17.2 Å². The highest BCUT2D eigenvalue weighted by molar-refractivity contribution is 5.82. The minimum absolute atomic E-state index is 0.758. The molecule has 0 fully saturated rings. The van der Waals surface area contributed by atoms with Gasteiger partial charge in [-0.15, -0.1) is 0 Å². The molecule has 0 aliphatic rings. The quantitative estimate of drug-likeness (QED) is 0.338. The molecule has 0 aliphatic carbocycles. The van der Waals surface area contributed by atoms with Crippen LogP contribution in [0.2, 0.25) is 0 Å². The minimum atomic E-state index is 0.758. The summed E-state index contributed by atoms with van der Waals surface area (Å²) in [6.45, 7) is 4.12. The fourth-order valence-electron chi connectivity index (χ4n) is 4.19. The SMILES string of the molecule is COc1ccc(Nc2c(Cc3ccccc3)c(C)nc3c(-c4ccccc4)c(C)nn23)cc1. The Morgan fingerprint density at radius 1 is 0.818 bits per heavy atom. The zero-order valence-corrected chi connectivity index (χ0v) is 19.0. The Bertz CT molecular complexity index is 1390. The predicted octanol–water partition coefficient (Wildman–Crippen LogP) is 6.36. The lowest BCUT2D eigenvalue weighted by atomic mass is 10.0. The molecule has 0 atom stereocenters. The van der Waals surface area contributed by atoms with Crippen molar-refractivity contribution in [1.82, 2.24) is 14.6 Å². The number of aromatic nitrogens is 3. The number of nitrogens with one attached hydrogen (secondary N) is 1. The van der Waals surface area contributed by atoms with Gasteiger partial charge >= 0.3 is 0 Å². The van der Waals surface area contributed by atoms with E-state index >= 15 is 0 Å². The molecule has 0 aliphatic heterocycles. The van der Waals surface area contributed by atoms with Crippen molar-refractivity contribution in [1.29, 1.82) is 0 Å². The van der Waals surface area contributed by atoms with Crippen LogP contribution in [0.25, 0.3) is 16.8 Å². The molecule has 3 aromatic carbocycles. The number of aryl methyl sites for hydroxylation is 2. The van der Waals surface area contributed by atoms with Crippen LogP contribution in [0.4, 0.5) is 11.5 Å². The number of ether oxygens (including phenoxy) is 1. The summed E-state index contributed by atoms with van der Waals surface area (Å²) >= 11 is 0. The molecule has 5 rings (SSSR count). The zero-order chi connectivity index (χ0) is 22.8. The Kier molecular flexibility index (Phi) is 5.53. The van der Waals surface area contributed by atoms with Crippen LogP contribution in [0.3, 0.4) is 0 Å². The van der Waals surface area contributed by atoms with Crippen LogP contribution in [-0.2, 0) is 6.42 Å². The van der Waals surface area contributed by atoms with Crippen LogP contribution < -0.4 is 10.1 Å². The molecule has 0 amide bonds. The Balaban J connectivity index is 1.70. The largest absolute Gasteiger partial charge is 0.497 e. The Labute approximate surface area is 193 Å². The number of hydrogen-bond acceptors (Lipinski definition) is 4. The molecule has 164 valence electrons. The fraction of sp³-hybridized carbons (Fsp3) is 0.143. The van der Waals surface area contributed by atoms with Crippen molar-refractivity contribution in [3.8, 4) is 16.9 Å². The third-order valence-electron chi connectivity index (χ3n) is 5.88. The lowest BCUT2D eigenvalue weighted by Gasteiger charge is -2.17. The number of benzene rings is 3. The second-order valence-corrected chi connectivity index (χ2v) is 8.10. The van der Waals surface area contributed by atoms with E-state index in [0.717, 1.165) is 57.4 Å². The third-order valence-corrected chi connectivity index (χ3v) is 5.88. The molecule has 0 radical (unpaired) electrons. The first-order valence-electron chi connectivity index (χ1n) is 11.0. The van der Waals surface area contributed by atoms with Gasteiger partial charge in [0.1, 0.15) is 11.6 Å². The topological polar surface area (TPSA) is 51.5 Å². The second-order valence-electron chi connectivity index (χ2n) is 8.10. The summed E-state index contributed by atoms with van der Waals surface area (Å²) in [6.07, 6.45) is 0.758. The molecule has 5 aromatic rings. The van der Waals surface area contributed by atoms with E-state index in [4.69, 9.17) is 14.8 Å². The molecule has 0 bridgehead atoms. The molecule has 2 aromatic heterocycles. The molecule has 0 saturated heterocycles. The molecule has 0 saturated carbocycles. The first-order chi connectivity index (χ1) is 16.1. The van der Waals surface area contributed by atoms with Crippen LogP contribution in [0.15, 0.2) is 84.9 Å². The van der Waals surface area contributed by atoms with E-state index in [9.17, 15) is 0 Å². The highest BCUT2D eigenvalue weighted by atomic mass is 16.5. The van der Waals surface area contributed by atoms with E-state index in [1.165, 1.54) is 5.56 Å². The second kappa shape index (κ2) is 8.79. The molecule has 5 nitrogen and oxygen atoms in total. The molecule has 1 N–H and O–H groups in total. The van der Waals surface area contributed by atoms with Gasteiger partial charge in [-0.05, 0) is 49.2 Å². The third kappa shape index (κ3) is 4.05. The molecule has 0 spiro atoms. The van der Waals surface area contributed by atoms with Crippen molar-refractivity contribution < 1.29 is 4.74 Å².